The van der Waals surface area contributed by atoms with E-state index in [1.165, 1.54) is 14.1 Å². The second kappa shape index (κ2) is 8.19. The maximum absolute atomic E-state index is 13.3. The van der Waals surface area contributed by atoms with Crippen LogP contribution in [0.3, 0.4) is 0 Å². The lowest BCUT2D eigenvalue weighted by atomic mass is 10.2. The van der Waals surface area contributed by atoms with E-state index in [0.29, 0.717) is 0 Å². The first-order valence-electron chi connectivity index (χ1n) is 9.15. The van der Waals surface area contributed by atoms with Gasteiger partial charge in [0.2, 0.25) is 0 Å². The van der Waals surface area contributed by atoms with Gasteiger partial charge in [-0.15, -0.1) is 0 Å². The van der Waals surface area contributed by atoms with Crippen molar-refractivity contribution >= 4 is 0 Å². The summed E-state index contributed by atoms with van der Waals surface area (Å²) in [5, 5.41) is 17.6. The first-order valence-corrected chi connectivity index (χ1v) is 9.15. The average Bonchev–Trinajstić information content (AvgIpc) is 3.08. The van der Waals surface area contributed by atoms with Gasteiger partial charge in [0.05, 0.1) is 18.5 Å². The second-order valence-electron chi connectivity index (χ2n) is 7.40. The van der Waals surface area contributed by atoms with Gasteiger partial charge < -0.3 is 5.11 Å². The SMILES string of the molecule is Cn1ncc(CN2CCN(Cc3cnn(C)c3C(F)(F)F)CC(O)C2)c1C(F)(F)F. The quantitative estimate of drug-likeness (QED) is 0.736. The van der Waals surface area contributed by atoms with E-state index in [1.807, 2.05) is 0 Å². The van der Waals surface area contributed by atoms with Crippen LogP contribution in [0.4, 0.5) is 26.3 Å². The largest absolute Gasteiger partial charge is 0.433 e. The van der Waals surface area contributed by atoms with Gasteiger partial charge in [-0.3, -0.25) is 19.2 Å². The van der Waals surface area contributed by atoms with E-state index >= 15 is 0 Å². The number of nitrogens with zero attached hydrogens (tertiary/aromatic N) is 6. The summed E-state index contributed by atoms with van der Waals surface area (Å²) >= 11 is 0. The molecule has 3 rings (SSSR count). The number of aliphatic hydroxyl groups is 1. The minimum Gasteiger partial charge on any atom is -0.390 e. The normalized spacial score (nSPS) is 18.2. The number of aromatic nitrogens is 4. The zero-order chi connectivity index (χ0) is 22.3. The Morgan fingerprint density at radius 3 is 1.53 bits per heavy atom. The van der Waals surface area contributed by atoms with E-state index < -0.39 is 29.8 Å². The lowest BCUT2D eigenvalue weighted by Crippen LogP contribution is -2.33. The first kappa shape index (κ1) is 22.6. The van der Waals surface area contributed by atoms with Crippen LogP contribution in [0.1, 0.15) is 22.5 Å². The maximum atomic E-state index is 13.3. The van der Waals surface area contributed by atoms with Gasteiger partial charge >= 0.3 is 12.4 Å². The van der Waals surface area contributed by atoms with Crippen LogP contribution in [0.2, 0.25) is 0 Å². The van der Waals surface area contributed by atoms with Gasteiger partial charge in [-0.05, 0) is 0 Å². The lowest BCUT2D eigenvalue weighted by molar-refractivity contribution is -0.145. The molecule has 1 aliphatic rings. The van der Waals surface area contributed by atoms with E-state index in [-0.39, 0.29) is 50.4 Å². The Bertz CT molecular complexity index is 803. The number of rotatable bonds is 4. The zero-order valence-electron chi connectivity index (χ0n) is 16.4. The minimum atomic E-state index is -4.56. The van der Waals surface area contributed by atoms with Gasteiger partial charge in [-0.25, -0.2) is 0 Å². The standard InChI is InChI=1S/C17H22F6N6O/c1-26-14(16(18,19)20)11(5-24-26)7-28-3-4-29(10-13(30)9-28)8-12-6-25-27(2)15(12)17(21,22)23/h5-6,13,30H,3-4,7-10H2,1-2H3. The monoisotopic (exact) mass is 440 g/mol. The Kier molecular flexibility index (Phi) is 6.16. The summed E-state index contributed by atoms with van der Waals surface area (Å²) in [7, 11) is 2.41. The van der Waals surface area contributed by atoms with Gasteiger partial charge in [-0.2, -0.15) is 36.5 Å². The Hall–Kier alpha value is -2.12. The highest BCUT2D eigenvalue weighted by molar-refractivity contribution is 5.22. The molecular formula is C17H22F6N6O. The van der Waals surface area contributed by atoms with Crippen LogP contribution < -0.4 is 0 Å². The highest BCUT2D eigenvalue weighted by Gasteiger charge is 2.39. The molecule has 7 nitrogen and oxygen atoms in total. The molecule has 0 aromatic carbocycles. The van der Waals surface area contributed by atoms with E-state index in [4.69, 9.17) is 0 Å². The molecule has 3 heterocycles. The van der Waals surface area contributed by atoms with Crippen molar-refractivity contribution in [2.24, 2.45) is 14.1 Å². The Balaban J connectivity index is 1.71. The van der Waals surface area contributed by atoms with Crippen molar-refractivity contribution in [1.29, 1.82) is 0 Å². The van der Waals surface area contributed by atoms with Crippen molar-refractivity contribution in [3.05, 3.63) is 34.9 Å². The molecule has 0 amide bonds. The first-order chi connectivity index (χ1) is 13.9. The highest BCUT2D eigenvalue weighted by atomic mass is 19.4. The molecule has 0 spiro atoms. The lowest BCUT2D eigenvalue weighted by Gasteiger charge is -2.22. The molecule has 0 aliphatic carbocycles. The topological polar surface area (TPSA) is 62.4 Å². The molecule has 1 saturated heterocycles. The number of aliphatic hydroxyl groups excluding tert-OH is 1. The molecule has 0 bridgehead atoms. The molecule has 1 fully saturated rings. The van der Waals surface area contributed by atoms with Crippen LogP contribution in [0.5, 0.6) is 0 Å². The van der Waals surface area contributed by atoms with Crippen LogP contribution in [0.15, 0.2) is 12.4 Å². The molecule has 0 saturated carbocycles. The van der Waals surface area contributed by atoms with Crippen molar-refractivity contribution in [2.45, 2.75) is 31.5 Å². The third-order valence-corrected chi connectivity index (χ3v) is 5.02. The van der Waals surface area contributed by atoms with Crippen molar-refractivity contribution in [2.75, 3.05) is 26.2 Å². The molecular weight excluding hydrogens is 418 g/mol. The van der Waals surface area contributed by atoms with Crippen LogP contribution in [0.25, 0.3) is 0 Å². The summed E-state index contributed by atoms with van der Waals surface area (Å²) in [5.74, 6) is 0. The van der Waals surface area contributed by atoms with Gasteiger partial charge in [0, 0.05) is 64.5 Å². The third kappa shape index (κ3) is 4.95. The molecule has 0 atom stereocenters. The molecule has 0 unspecified atom stereocenters. The fourth-order valence-corrected chi connectivity index (χ4v) is 3.82. The van der Waals surface area contributed by atoms with Crippen LogP contribution in [0, 0.1) is 0 Å². The van der Waals surface area contributed by atoms with E-state index in [9.17, 15) is 31.4 Å². The summed E-state index contributed by atoms with van der Waals surface area (Å²) in [5.41, 5.74) is -1.75. The molecule has 0 radical (unpaired) electrons. The smallest absolute Gasteiger partial charge is 0.390 e. The average molecular weight is 440 g/mol. The maximum Gasteiger partial charge on any atom is 0.433 e. The molecule has 168 valence electrons. The summed E-state index contributed by atoms with van der Waals surface area (Å²) in [6.07, 6.45) is -7.77. The summed E-state index contributed by atoms with van der Waals surface area (Å²) < 4.78 is 81.1. The van der Waals surface area contributed by atoms with Gasteiger partial charge in [-0.1, -0.05) is 0 Å². The minimum absolute atomic E-state index is 0.0164. The Morgan fingerprint density at radius 2 is 1.20 bits per heavy atom. The van der Waals surface area contributed by atoms with Crippen molar-refractivity contribution in [1.82, 2.24) is 29.4 Å². The molecule has 2 aromatic heterocycles. The number of aryl methyl sites for hydroxylation is 2. The van der Waals surface area contributed by atoms with Crippen LogP contribution in [-0.4, -0.2) is 66.8 Å². The van der Waals surface area contributed by atoms with Crippen molar-refractivity contribution in [3.8, 4) is 0 Å². The van der Waals surface area contributed by atoms with E-state index in [0.717, 1.165) is 21.8 Å². The van der Waals surface area contributed by atoms with E-state index in [1.54, 1.807) is 9.80 Å². The van der Waals surface area contributed by atoms with E-state index in [2.05, 4.69) is 10.2 Å². The summed E-state index contributed by atoms with van der Waals surface area (Å²) in [6.45, 7) is 0.613. The molecule has 2 aromatic rings. The fourth-order valence-electron chi connectivity index (χ4n) is 3.82. The Labute approximate surface area is 168 Å². The van der Waals surface area contributed by atoms with Gasteiger partial charge in [0.25, 0.3) is 0 Å². The van der Waals surface area contributed by atoms with Crippen molar-refractivity contribution in [3.63, 3.8) is 0 Å². The highest BCUT2D eigenvalue weighted by Crippen LogP contribution is 2.33. The molecule has 13 heteroatoms. The van der Waals surface area contributed by atoms with Gasteiger partial charge in [0.15, 0.2) is 0 Å². The van der Waals surface area contributed by atoms with Gasteiger partial charge in [0.1, 0.15) is 11.4 Å². The Morgan fingerprint density at radius 1 is 0.833 bits per heavy atom. The number of halogens is 6. The summed E-state index contributed by atoms with van der Waals surface area (Å²) in [6, 6.07) is 0. The molecule has 1 N–H and O–H groups in total. The number of hydrogen-bond acceptors (Lipinski definition) is 5. The number of β-amino-alcohol motifs (C(OH)–C–C–N with tert-alkyl or cyclic N) is 1. The third-order valence-electron chi connectivity index (χ3n) is 5.02. The second-order valence-corrected chi connectivity index (χ2v) is 7.40. The predicted octanol–water partition coefficient (Wildman–Crippen LogP) is 1.87. The molecule has 1 aliphatic heterocycles. The fraction of sp³-hybridized carbons (Fsp3) is 0.647. The van der Waals surface area contributed by atoms with Crippen molar-refractivity contribution < 1.29 is 31.4 Å². The number of alkyl halides is 6. The van der Waals surface area contributed by atoms with Crippen LogP contribution in [-0.2, 0) is 39.5 Å². The number of hydrogen-bond donors (Lipinski definition) is 1. The predicted molar refractivity (Wildman–Crippen MR) is 93.0 cm³/mol. The summed E-state index contributed by atoms with van der Waals surface area (Å²) in [4.78, 5) is 3.29. The van der Waals surface area contributed by atoms with Crippen LogP contribution >= 0.6 is 0 Å². The zero-order valence-corrected chi connectivity index (χ0v) is 16.4. The molecule has 30 heavy (non-hydrogen) atoms.